The molecule has 0 aromatic carbocycles. The second-order valence-corrected chi connectivity index (χ2v) is 6.75. The van der Waals surface area contributed by atoms with Crippen molar-refractivity contribution in [3.8, 4) is 0 Å². The molecule has 0 spiro atoms. The van der Waals surface area contributed by atoms with Crippen LogP contribution in [-0.2, 0) is 4.79 Å². The quantitative estimate of drug-likeness (QED) is 0.792. The molecule has 1 aliphatic carbocycles. The smallest absolute Gasteiger partial charge is 0.223 e. The van der Waals surface area contributed by atoms with Gasteiger partial charge in [0.1, 0.15) is 0 Å². The van der Waals surface area contributed by atoms with Gasteiger partial charge in [0.05, 0.1) is 0 Å². The Morgan fingerprint density at radius 2 is 1.94 bits per heavy atom. The van der Waals surface area contributed by atoms with Crippen LogP contribution in [0.4, 0.5) is 0 Å². The summed E-state index contributed by atoms with van der Waals surface area (Å²) >= 11 is 0. The summed E-state index contributed by atoms with van der Waals surface area (Å²) in [6.45, 7) is 10.2. The molecule has 2 atom stereocenters. The summed E-state index contributed by atoms with van der Waals surface area (Å²) in [5.74, 6) is 1.32. The molecule has 0 heterocycles. The van der Waals surface area contributed by atoms with Gasteiger partial charge in [-0.05, 0) is 36.6 Å². The Kier molecular flexibility index (Phi) is 5.64. The average Bonchev–Trinajstić information content (AvgIpc) is 2.35. The van der Waals surface area contributed by atoms with Gasteiger partial charge >= 0.3 is 0 Å². The van der Waals surface area contributed by atoms with Gasteiger partial charge in [-0.25, -0.2) is 0 Å². The maximum atomic E-state index is 12.3. The zero-order valence-corrected chi connectivity index (χ0v) is 12.5. The molecule has 0 bridgehead atoms. The number of carbonyl (C=O) groups is 1. The molecule has 2 unspecified atom stereocenters. The Labute approximate surface area is 112 Å². The Bertz CT molecular complexity index is 274. The van der Waals surface area contributed by atoms with Crippen LogP contribution in [0, 0.1) is 23.2 Å². The van der Waals surface area contributed by atoms with Crippen LogP contribution < -0.4 is 11.1 Å². The monoisotopic (exact) mass is 254 g/mol. The SMILES string of the molecule is CC(C)C(C)(C)CNC(=O)C1CCCCC1CN. The van der Waals surface area contributed by atoms with Crippen molar-refractivity contribution in [2.45, 2.75) is 53.4 Å². The fourth-order valence-electron chi connectivity index (χ4n) is 2.49. The maximum Gasteiger partial charge on any atom is 0.223 e. The van der Waals surface area contributed by atoms with E-state index < -0.39 is 0 Å². The molecule has 18 heavy (non-hydrogen) atoms. The molecule has 0 aromatic rings. The van der Waals surface area contributed by atoms with Gasteiger partial charge in [0.25, 0.3) is 0 Å². The lowest BCUT2D eigenvalue weighted by atomic mass is 9.78. The highest BCUT2D eigenvalue weighted by Gasteiger charge is 2.31. The van der Waals surface area contributed by atoms with Crippen LogP contribution in [0.5, 0.6) is 0 Å². The molecule has 1 saturated carbocycles. The maximum absolute atomic E-state index is 12.3. The molecule has 0 saturated heterocycles. The minimum atomic E-state index is 0.145. The number of nitrogens with one attached hydrogen (secondary N) is 1. The molecule has 1 rings (SSSR count). The Balaban J connectivity index is 2.49. The second kappa shape index (κ2) is 6.55. The molecule has 0 aliphatic heterocycles. The van der Waals surface area contributed by atoms with Crippen molar-refractivity contribution < 1.29 is 4.79 Å². The molecule has 0 aromatic heterocycles. The van der Waals surface area contributed by atoms with Gasteiger partial charge in [0.15, 0.2) is 0 Å². The standard InChI is InChI=1S/C15H30N2O/c1-11(2)15(3,4)10-17-14(18)13-8-6-5-7-12(13)9-16/h11-13H,5-10,16H2,1-4H3,(H,17,18). The molecular weight excluding hydrogens is 224 g/mol. The van der Waals surface area contributed by atoms with Crippen LogP contribution in [0.15, 0.2) is 0 Å². The first-order chi connectivity index (χ1) is 8.38. The highest BCUT2D eigenvalue weighted by atomic mass is 16.1. The fourth-order valence-corrected chi connectivity index (χ4v) is 2.49. The average molecular weight is 254 g/mol. The highest BCUT2D eigenvalue weighted by molar-refractivity contribution is 5.79. The molecule has 3 N–H and O–H groups in total. The van der Waals surface area contributed by atoms with Crippen molar-refractivity contribution in [3.05, 3.63) is 0 Å². The van der Waals surface area contributed by atoms with Crippen molar-refractivity contribution in [1.82, 2.24) is 5.32 Å². The molecule has 1 amide bonds. The zero-order valence-electron chi connectivity index (χ0n) is 12.5. The summed E-state index contributed by atoms with van der Waals surface area (Å²) in [5.41, 5.74) is 5.94. The molecule has 1 aliphatic rings. The van der Waals surface area contributed by atoms with Gasteiger partial charge in [-0.2, -0.15) is 0 Å². The van der Waals surface area contributed by atoms with E-state index in [2.05, 4.69) is 33.0 Å². The normalized spacial score (nSPS) is 25.2. The van der Waals surface area contributed by atoms with Crippen LogP contribution in [0.2, 0.25) is 0 Å². The third kappa shape index (κ3) is 3.98. The molecule has 3 heteroatoms. The number of rotatable bonds is 5. The van der Waals surface area contributed by atoms with Gasteiger partial charge in [-0.1, -0.05) is 40.5 Å². The van der Waals surface area contributed by atoms with Crippen molar-refractivity contribution in [1.29, 1.82) is 0 Å². The van der Waals surface area contributed by atoms with E-state index >= 15 is 0 Å². The van der Waals surface area contributed by atoms with E-state index in [1.54, 1.807) is 0 Å². The van der Waals surface area contributed by atoms with Crippen molar-refractivity contribution in [2.75, 3.05) is 13.1 Å². The molecular formula is C15H30N2O. The van der Waals surface area contributed by atoms with Gasteiger partial charge in [-0.3, -0.25) is 4.79 Å². The summed E-state index contributed by atoms with van der Waals surface area (Å²) in [5, 5.41) is 3.14. The Morgan fingerprint density at radius 1 is 1.33 bits per heavy atom. The minimum Gasteiger partial charge on any atom is -0.355 e. The first-order valence-corrected chi connectivity index (χ1v) is 7.36. The summed E-state index contributed by atoms with van der Waals surface area (Å²) in [6, 6.07) is 0. The summed E-state index contributed by atoms with van der Waals surface area (Å²) in [4.78, 5) is 12.3. The molecule has 1 fully saturated rings. The van der Waals surface area contributed by atoms with Crippen LogP contribution >= 0.6 is 0 Å². The second-order valence-electron chi connectivity index (χ2n) is 6.75. The number of hydrogen-bond donors (Lipinski definition) is 2. The Morgan fingerprint density at radius 3 is 2.50 bits per heavy atom. The van der Waals surface area contributed by atoms with E-state index in [0.717, 1.165) is 19.4 Å². The van der Waals surface area contributed by atoms with E-state index in [1.165, 1.54) is 12.8 Å². The van der Waals surface area contributed by atoms with Crippen LogP contribution in [-0.4, -0.2) is 19.0 Å². The minimum absolute atomic E-state index is 0.145. The first kappa shape index (κ1) is 15.5. The van der Waals surface area contributed by atoms with Crippen LogP contribution in [0.25, 0.3) is 0 Å². The van der Waals surface area contributed by atoms with Crippen LogP contribution in [0.3, 0.4) is 0 Å². The van der Waals surface area contributed by atoms with E-state index in [4.69, 9.17) is 5.73 Å². The predicted octanol–water partition coefficient (Wildman–Crippen LogP) is 2.55. The number of carbonyl (C=O) groups excluding carboxylic acids is 1. The lowest BCUT2D eigenvalue weighted by molar-refractivity contribution is -0.128. The Hall–Kier alpha value is -0.570. The van der Waals surface area contributed by atoms with E-state index in [9.17, 15) is 4.79 Å². The largest absolute Gasteiger partial charge is 0.355 e. The predicted molar refractivity (Wildman–Crippen MR) is 76.1 cm³/mol. The lowest BCUT2D eigenvalue weighted by Crippen LogP contribution is -2.43. The third-order valence-corrected chi connectivity index (χ3v) is 4.83. The topological polar surface area (TPSA) is 55.1 Å². The summed E-state index contributed by atoms with van der Waals surface area (Å²) < 4.78 is 0. The number of hydrogen-bond acceptors (Lipinski definition) is 2. The van der Waals surface area contributed by atoms with E-state index in [1.807, 2.05) is 0 Å². The van der Waals surface area contributed by atoms with Crippen molar-refractivity contribution in [3.63, 3.8) is 0 Å². The molecule has 0 radical (unpaired) electrons. The van der Waals surface area contributed by atoms with Crippen molar-refractivity contribution in [2.24, 2.45) is 28.9 Å². The molecule has 106 valence electrons. The molecule has 3 nitrogen and oxygen atoms in total. The van der Waals surface area contributed by atoms with Crippen LogP contribution in [0.1, 0.15) is 53.4 Å². The number of amides is 1. The highest BCUT2D eigenvalue weighted by Crippen LogP contribution is 2.30. The van der Waals surface area contributed by atoms with Gasteiger partial charge in [-0.15, -0.1) is 0 Å². The number of nitrogens with two attached hydrogens (primary N) is 1. The fraction of sp³-hybridized carbons (Fsp3) is 0.933. The van der Waals surface area contributed by atoms with Gasteiger partial charge in [0, 0.05) is 12.5 Å². The van der Waals surface area contributed by atoms with Gasteiger partial charge < -0.3 is 11.1 Å². The lowest BCUT2D eigenvalue weighted by Gasteiger charge is -2.33. The van der Waals surface area contributed by atoms with Gasteiger partial charge in [0.2, 0.25) is 5.91 Å². The summed E-state index contributed by atoms with van der Waals surface area (Å²) in [7, 11) is 0. The summed E-state index contributed by atoms with van der Waals surface area (Å²) in [6.07, 6.45) is 4.52. The first-order valence-electron chi connectivity index (χ1n) is 7.36. The van der Waals surface area contributed by atoms with Crippen molar-refractivity contribution >= 4 is 5.91 Å². The van der Waals surface area contributed by atoms with E-state index in [-0.39, 0.29) is 17.2 Å². The zero-order chi connectivity index (χ0) is 13.8. The third-order valence-electron chi connectivity index (χ3n) is 4.83. The van der Waals surface area contributed by atoms with E-state index in [0.29, 0.717) is 18.4 Å².